The molecule has 0 saturated heterocycles. The molecule has 0 spiro atoms. The summed E-state index contributed by atoms with van der Waals surface area (Å²) in [6, 6.07) is 12.3. The second kappa shape index (κ2) is 7.17. The number of ether oxygens (including phenoxy) is 1. The van der Waals surface area contributed by atoms with E-state index in [0.717, 1.165) is 44.5 Å². The van der Waals surface area contributed by atoms with Crippen LogP contribution in [0.4, 0.5) is 0 Å². The zero-order valence-electron chi connectivity index (χ0n) is 17.2. The number of benzene rings is 2. The maximum atomic E-state index is 12.8. The molecule has 0 saturated carbocycles. The summed E-state index contributed by atoms with van der Waals surface area (Å²) in [7, 11) is 1.62. The van der Waals surface area contributed by atoms with Crippen molar-refractivity contribution in [3.63, 3.8) is 0 Å². The summed E-state index contributed by atoms with van der Waals surface area (Å²) in [5, 5.41) is 15.4. The van der Waals surface area contributed by atoms with Crippen molar-refractivity contribution in [2.24, 2.45) is 0 Å². The van der Waals surface area contributed by atoms with Crippen molar-refractivity contribution in [1.29, 1.82) is 0 Å². The van der Waals surface area contributed by atoms with Gasteiger partial charge in [0.15, 0.2) is 0 Å². The number of hydrogen-bond donors (Lipinski definition) is 4. The summed E-state index contributed by atoms with van der Waals surface area (Å²) in [6.45, 7) is 2.51. The van der Waals surface area contributed by atoms with Crippen molar-refractivity contribution < 1.29 is 9.84 Å². The number of methoxy groups -OCH3 is 1. The number of hydrogen-bond acceptors (Lipinski definition) is 5. The smallest absolute Gasteiger partial charge is 0.335 e. The largest absolute Gasteiger partial charge is 0.497 e. The van der Waals surface area contributed by atoms with E-state index in [-0.39, 0.29) is 11.4 Å². The normalized spacial score (nSPS) is 15.7. The van der Waals surface area contributed by atoms with Gasteiger partial charge >= 0.3 is 5.69 Å². The molecule has 0 fully saturated rings. The molecular weight excluding hydrogens is 396 g/mol. The van der Waals surface area contributed by atoms with Crippen LogP contribution in [0.3, 0.4) is 0 Å². The third kappa shape index (κ3) is 3.03. The molecule has 2 aromatic carbocycles. The van der Waals surface area contributed by atoms with Crippen LogP contribution < -0.4 is 21.3 Å². The van der Waals surface area contributed by atoms with Gasteiger partial charge in [-0.3, -0.25) is 9.78 Å². The Bertz CT molecular complexity index is 1430. The maximum absolute atomic E-state index is 12.8. The molecule has 2 aromatic heterocycles. The summed E-state index contributed by atoms with van der Waals surface area (Å²) in [4.78, 5) is 31.2. The summed E-state index contributed by atoms with van der Waals surface area (Å²) in [5.41, 5.74) is 2.98. The highest BCUT2D eigenvalue weighted by atomic mass is 16.5. The number of aromatic nitrogens is 3. The predicted octanol–water partition coefficient (Wildman–Crippen LogP) is 2.26. The fourth-order valence-corrected chi connectivity index (χ4v) is 4.39. The lowest BCUT2D eigenvalue weighted by Crippen LogP contribution is -2.38. The van der Waals surface area contributed by atoms with Crippen LogP contribution in [-0.4, -0.2) is 33.3 Å². The predicted molar refractivity (Wildman–Crippen MR) is 117 cm³/mol. The third-order valence-electron chi connectivity index (χ3n) is 5.83. The van der Waals surface area contributed by atoms with Gasteiger partial charge in [-0.05, 0) is 54.8 Å². The fraction of sp³-hybridized carbons (Fsp3) is 0.217. The number of H-pyrrole nitrogens is 2. The van der Waals surface area contributed by atoms with Crippen LogP contribution >= 0.6 is 0 Å². The van der Waals surface area contributed by atoms with Crippen LogP contribution in [0.15, 0.2) is 52.1 Å². The van der Waals surface area contributed by atoms with Crippen molar-refractivity contribution in [3.05, 3.63) is 85.7 Å². The fourth-order valence-electron chi connectivity index (χ4n) is 4.39. The van der Waals surface area contributed by atoms with Gasteiger partial charge in [-0.2, -0.15) is 0 Å². The van der Waals surface area contributed by atoms with Crippen LogP contribution in [0.25, 0.3) is 16.6 Å². The molecule has 0 radical (unpaired) electrons. The number of fused-ring (bicyclic) bond motifs is 3. The first kappa shape index (κ1) is 19.2. The van der Waals surface area contributed by atoms with Gasteiger partial charge in [0.1, 0.15) is 11.3 Å². The van der Waals surface area contributed by atoms with Gasteiger partial charge in [-0.25, -0.2) is 9.36 Å². The quantitative estimate of drug-likeness (QED) is 0.408. The Labute approximate surface area is 177 Å². The first-order chi connectivity index (χ1) is 15.0. The van der Waals surface area contributed by atoms with Crippen molar-refractivity contribution in [1.82, 2.24) is 19.9 Å². The molecule has 0 amide bonds. The van der Waals surface area contributed by atoms with Gasteiger partial charge in [-0.1, -0.05) is 12.1 Å². The highest BCUT2D eigenvalue weighted by Gasteiger charge is 2.31. The van der Waals surface area contributed by atoms with Gasteiger partial charge in [0.05, 0.1) is 18.8 Å². The van der Waals surface area contributed by atoms with Gasteiger partial charge in [0, 0.05) is 23.1 Å². The van der Waals surface area contributed by atoms with E-state index in [1.165, 1.54) is 0 Å². The summed E-state index contributed by atoms with van der Waals surface area (Å²) in [6.07, 6.45) is 0.759. The molecule has 8 heteroatoms. The molecule has 8 nitrogen and oxygen atoms in total. The maximum Gasteiger partial charge on any atom is 0.335 e. The first-order valence-corrected chi connectivity index (χ1v) is 10.0. The van der Waals surface area contributed by atoms with Crippen molar-refractivity contribution in [2.45, 2.75) is 19.4 Å². The van der Waals surface area contributed by atoms with Gasteiger partial charge in [0.2, 0.25) is 5.88 Å². The Kier molecular flexibility index (Phi) is 4.44. The first-order valence-electron chi connectivity index (χ1n) is 10.0. The van der Waals surface area contributed by atoms with E-state index in [2.05, 4.69) is 15.3 Å². The lowest BCUT2D eigenvalue weighted by molar-refractivity contribution is 0.409. The highest BCUT2D eigenvalue weighted by Crippen LogP contribution is 2.36. The zero-order valence-corrected chi connectivity index (χ0v) is 17.2. The molecule has 3 heterocycles. The van der Waals surface area contributed by atoms with Crippen molar-refractivity contribution >= 4 is 10.9 Å². The molecule has 1 unspecified atom stereocenters. The Balaban J connectivity index is 1.73. The third-order valence-corrected chi connectivity index (χ3v) is 5.83. The number of rotatable bonds is 3. The van der Waals surface area contributed by atoms with E-state index in [1.54, 1.807) is 25.3 Å². The Morgan fingerprint density at radius 3 is 2.74 bits per heavy atom. The minimum atomic E-state index is -0.686. The van der Waals surface area contributed by atoms with E-state index in [1.807, 2.05) is 31.2 Å². The van der Waals surface area contributed by atoms with E-state index in [0.29, 0.717) is 12.2 Å². The number of nitrogens with zero attached hydrogens (tertiary/aromatic N) is 1. The molecule has 158 valence electrons. The van der Waals surface area contributed by atoms with E-state index in [9.17, 15) is 14.7 Å². The second-order valence-corrected chi connectivity index (χ2v) is 7.74. The molecule has 4 N–H and O–H groups in total. The molecule has 0 bridgehead atoms. The van der Waals surface area contributed by atoms with Crippen molar-refractivity contribution in [3.8, 4) is 17.3 Å². The average Bonchev–Trinajstić information content (AvgIpc) is 3.12. The molecule has 0 aliphatic carbocycles. The van der Waals surface area contributed by atoms with Gasteiger partial charge in [-0.15, -0.1) is 0 Å². The number of nitrogens with one attached hydrogen (secondary N) is 3. The molecule has 1 atom stereocenters. The molecule has 1 aliphatic heterocycles. The Morgan fingerprint density at radius 1 is 1.13 bits per heavy atom. The number of aromatic hydroxyl groups is 1. The average molecular weight is 418 g/mol. The summed E-state index contributed by atoms with van der Waals surface area (Å²) in [5.74, 6) is 0.374. The van der Waals surface area contributed by atoms with Crippen LogP contribution in [0, 0.1) is 6.92 Å². The van der Waals surface area contributed by atoms with Crippen LogP contribution in [0.5, 0.6) is 11.6 Å². The topological polar surface area (TPSA) is 112 Å². The standard InChI is InChI=1S/C23H22N4O4/c1-12-4-3-5-13(10-12)27-22(29)18(21(28)26-23(27)30)20-19-15(8-9-24-20)16-11-14(31-2)6-7-17(16)25-19/h3-7,10-11,20,24-25,29H,8-9H2,1-2H3,(H,26,28,30). The monoisotopic (exact) mass is 418 g/mol. The lowest BCUT2D eigenvalue weighted by Gasteiger charge is -2.25. The van der Waals surface area contributed by atoms with Crippen molar-refractivity contribution in [2.75, 3.05) is 13.7 Å². The summed E-state index contributed by atoms with van der Waals surface area (Å²) < 4.78 is 6.49. The number of aryl methyl sites for hydroxylation is 1. The zero-order chi connectivity index (χ0) is 21.7. The number of aromatic amines is 2. The minimum absolute atomic E-state index is 0.0978. The van der Waals surface area contributed by atoms with Gasteiger partial charge < -0.3 is 20.1 Å². The summed E-state index contributed by atoms with van der Waals surface area (Å²) >= 11 is 0. The van der Waals surface area contributed by atoms with Crippen LogP contribution in [0.1, 0.15) is 28.4 Å². The molecule has 31 heavy (non-hydrogen) atoms. The second-order valence-electron chi connectivity index (χ2n) is 7.74. The molecule has 4 aromatic rings. The van der Waals surface area contributed by atoms with Crippen LogP contribution in [-0.2, 0) is 6.42 Å². The lowest BCUT2D eigenvalue weighted by atomic mass is 9.95. The molecule has 1 aliphatic rings. The van der Waals surface area contributed by atoms with E-state index in [4.69, 9.17) is 4.74 Å². The Hall–Kier alpha value is -3.78. The molecule has 5 rings (SSSR count). The highest BCUT2D eigenvalue weighted by molar-refractivity contribution is 5.86. The van der Waals surface area contributed by atoms with Crippen LogP contribution in [0.2, 0.25) is 0 Å². The SMILES string of the molecule is COc1ccc2[nH]c3c(c2c1)CCNC3c1c(O)n(-c2cccc(C)c2)c(=O)[nH]c1=O. The Morgan fingerprint density at radius 2 is 1.97 bits per heavy atom. The van der Waals surface area contributed by atoms with E-state index >= 15 is 0 Å². The van der Waals surface area contributed by atoms with Gasteiger partial charge in [0.25, 0.3) is 5.56 Å². The van der Waals surface area contributed by atoms with E-state index < -0.39 is 17.3 Å². The minimum Gasteiger partial charge on any atom is -0.497 e. The molecular formula is C23H22N4O4.